The molecular formula is C22H26N4O3. The largest absolute Gasteiger partial charge is 0.332 e. The maximum atomic E-state index is 13.0. The number of amides is 1. The first-order valence-corrected chi connectivity index (χ1v) is 9.75. The summed E-state index contributed by atoms with van der Waals surface area (Å²) in [7, 11) is 1.57. The van der Waals surface area contributed by atoms with Crippen molar-refractivity contribution in [3.63, 3.8) is 0 Å². The molecule has 0 N–H and O–H groups in total. The van der Waals surface area contributed by atoms with Crippen LogP contribution in [0.2, 0.25) is 0 Å². The van der Waals surface area contributed by atoms with Gasteiger partial charge in [-0.15, -0.1) is 0 Å². The van der Waals surface area contributed by atoms with E-state index in [0.717, 1.165) is 27.9 Å². The molecule has 152 valence electrons. The molecule has 0 saturated heterocycles. The Balaban J connectivity index is 2.05. The predicted octanol–water partition coefficient (Wildman–Crippen LogP) is 2.33. The van der Waals surface area contributed by atoms with Gasteiger partial charge >= 0.3 is 5.69 Å². The molecule has 1 aromatic carbocycles. The molecule has 0 aliphatic heterocycles. The van der Waals surface area contributed by atoms with Crippen LogP contribution in [0.4, 0.5) is 5.69 Å². The number of aromatic nitrogens is 3. The van der Waals surface area contributed by atoms with E-state index in [1.807, 2.05) is 45.0 Å². The first-order valence-electron chi connectivity index (χ1n) is 9.75. The number of rotatable bonds is 5. The van der Waals surface area contributed by atoms with E-state index < -0.39 is 11.2 Å². The Morgan fingerprint density at radius 3 is 2.34 bits per heavy atom. The van der Waals surface area contributed by atoms with Crippen molar-refractivity contribution in [1.29, 1.82) is 0 Å². The van der Waals surface area contributed by atoms with Crippen LogP contribution in [0.25, 0.3) is 11.0 Å². The van der Waals surface area contributed by atoms with Gasteiger partial charge in [-0.05, 0) is 56.5 Å². The Morgan fingerprint density at radius 1 is 1.10 bits per heavy atom. The van der Waals surface area contributed by atoms with E-state index in [-0.39, 0.29) is 12.5 Å². The molecule has 3 aromatic rings. The van der Waals surface area contributed by atoms with E-state index in [2.05, 4.69) is 11.9 Å². The van der Waals surface area contributed by atoms with Crippen molar-refractivity contribution < 1.29 is 4.79 Å². The number of fused-ring (bicyclic) bond motifs is 1. The van der Waals surface area contributed by atoms with Crippen LogP contribution in [-0.4, -0.2) is 26.6 Å². The lowest BCUT2D eigenvalue weighted by Gasteiger charge is -2.22. The normalized spacial score (nSPS) is 11.1. The van der Waals surface area contributed by atoms with Crippen LogP contribution in [0.1, 0.15) is 30.7 Å². The lowest BCUT2D eigenvalue weighted by atomic mass is 10.1. The highest BCUT2D eigenvalue weighted by atomic mass is 16.2. The average Bonchev–Trinajstić information content (AvgIpc) is 2.70. The number of hydrogen-bond acceptors (Lipinski definition) is 4. The SMILES string of the molecule is CCc1ccc(N(CC)C(=O)Cn2c(=O)c3c(C)cc(C)nc3n(C)c2=O)cc1. The summed E-state index contributed by atoms with van der Waals surface area (Å²) in [4.78, 5) is 44.8. The summed E-state index contributed by atoms with van der Waals surface area (Å²) in [5, 5.41) is 0.362. The highest BCUT2D eigenvalue weighted by Crippen LogP contribution is 2.16. The number of aryl methyl sites for hydroxylation is 4. The molecule has 3 rings (SSSR count). The van der Waals surface area contributed by atoms with E-state index in [9.17, 15) is 14.4 Å². The maximum absolute atomic E-state index is 13.0. The van der Waals surface area contributed by atoms with E-state index in [1.165, 1.54) is 10.1 Å². The molecule has 0 aliphatic carbocycles. The smallest absolute Gasteiger partial charge is 0.311 e. The van der Waals surface area contributed by atoms with Gasteiger partial charge in [0.1, 0.15) is 12.2 Å². The molecule has 2 heterocycles. The van der Waals surface area contributed by atoms with Crippen molar-refractivity contribution in [1.82, 2.24) is 14.1 Å². The second-order valence-corrected chi connectivity index (χ2v) is 7.17. The Hall–Kier alpha value is -3.22. The first-order chi connectivity index (χ1) is 13.8. The monoisotopic (exact) mass is 394 g/mol. The Kier molecular flexibility index (Phi) is 5.68. The van der Waals surface area contributed by atoms with E-state index >= 15 is 0 Å². The second-order valence-electron chi connectivity index (χ2n) is 7.17. The molecule has 0 radical (unpaired) electrons. The summed E-state index contributed by atoms with van der Waals surface area (Å²) in [6.45, 7) is 7.67. The fraction of sp³-hybridized carbons (Fsp3) is 0.364. The molecule has 2 aromatic heterocycles. The molecule has 0 aliphatic rings. The third-order valence-electron chi connectivity index (χ3n) is 5.19. The fourth-order valence-corrected chi connectivity index (χ4v) is 3.59. The van der Waals surface area contributed by atoms with Crippen LogP contribution in [0.5, 0.6) is 0 Å². The van der Waals surface area contributed by atoms with Crippen LogP contribution in [0.15, 0.2) is 39.9 Å². The van der Waals surface area contributed by atoms with Crippen LogP contribution < -0.4 is 16.1 Å². The van der Waals surface area contributed by atoms with Crippen LogP contribution in [-0.2, 0) is 24.8 Å². The van der Waals surface area contributed by atoms with Gasteiger partial charge in [-0.2, -0.15) is 0 Å². The minimum absolute atomic E-state index is 0.312. The predicted molar refractivity (Wildman–Crippen MR) is 115 cm³/mol. The molecule has 29 heavy (non-hydrogen) atoms. The zero-order valence-corrected chi connectivity index (χ0v) is 17.5. The first kappa shape index (κ1) is 20.5. The number of nitrogens with zero attached hydrogens (tertiary/aromatic N) is 4. The molecule has 7 nitrogen and oxygen atoms in total. The van der Waals surface area contributed by atoms with Crippen molar-refractivity contribution in [3.05, 3.63) is 68.0 Å². The molecule has 7 heteroatoms. The number of carbonyl (C=O) groups is 1. The Morgan fingerprint density at radius 2 is 1.76 bits per heavy atom. The quantitative estimate of drug-likeness (QED) is 0.665. The summed E-state index contributed by atoms with van der Waals surface area (Å²) in [5.41, 5.74) is 2.68. The molecular weight excluding hydrogens is 368 g/mol. The molecule has 0 saturated carbocycles. The standard InChI is InChI=1S/C22H26N4O3/c1-6-16-8-10-17(11-9-16)25(7-2)18(27)13-26-21(28)19-14(3)12-15(4)23-20(19)24(5)22(26)29/h8-12H,6-7,13H2,1-5H3. The number of benzene rings is 1. The third-order valence-corrected chi connectivity index (χ3v) is 5.19. The second kappa shape index (κ2) is 8.03. The van der Waals surface area contributed by atoms with Crippen molar-refractivity contribution >= 4 is 22.6 Å². The lowest BCUT2D eigenvalue weighted by Crippen LogP contribution is -2.44. The minimum atomic E-state index is -0.550. The van der Waals surface area contributed by atoms with Gasteiger partial charge < -0.3 is 4.90 Å². The molecule has 0 atom stereocenters. The fourth-order valence-electron chi connectivity index (χ4n) is 3.59. The van der Waals surface area contributed by atoms with Gasteiger partial charge in [-0.1, -0.05) is 19.1 Å². The van der Waals surface area contributed by atoms with Crippen molar-refractivity contribution in [2.24, 2.45) is 7.05 Å². The summed E-state index contributed by atoms with van der Waals surface area (Å²) in [6.07, 6.45) is 0.912. The summed E-state index contributed by atoms with van der Waals surface area (Å²) >= 11 is 0. The number of anilines is 1. The summed E-state index contributed by atoms with van der Waals surface area (Å²) in [5.74, 6) is -0.312. The Bertz CT molecular complexity index is 1190. The molecule has 0 bridgehead atoms. The summed E-state index contributed by atoms with van der Waals surface area (Å²) < 4.78 is 2.33. The van der Waals surface area contributed by atoms with Gasteiger partial charge in [0.15, 0.2) is 0 Å². The van der Waals surface area contributed by atoms with Gasteiger partial charge in [-0.3, -0.25) is 18.7 Å². The van der Waals surface area contributed by atoms with E-state index in [4.69, 9.17) is 0 Å². The number of likely N-dealkylation sites (N-methyl/N-ethyl adjacent to an activating group) is 1. The maximum Gasteiger partial charge on any atom is 0.332 e. The minimum Gasteiger partial charge on any atom is -0.311 e. The van der Waals surface area contributed by atoms with Crippen molar-refractivity contribution in [3.8, 4) is 0 Å². The molecule has 0 spiro atoms. The van der Waals surface area contributed by atoms with Gasteiger partial charge in [0.2, 0.25) is 5.91 Å². The van der Waals surface area contributed by atoms with E-state index in [1.54, 1.807) is 18.0 Å². The van der Waals surface area contributed by atoms with Gasteiger partial charge in [0.05, 0.1) is 5.39 Å². The van der Waals surface area contributed by atoms with E-state index in [0.29, 0.717) is 17.6 Å². The summed E-state index contributed by atoms with van der Waals surface area (Å²) in [6, 6.07) is 9.53. The van der Waals surface area contributed by atoms with Crippen molar-refractivity contribution in [2.45, 2.75) is 40.7 Å². The number of carbonyl (C=O) groups excluding carboxylic acids is 1. The van der Waals surface area contributed by atoms with Crippen LogP contribution >= 0.6 is 0 Å². The lowest BCUT2D eigenvalue weighted by molar-refractivity contribution is -0.119. The van der Waals surface area contributed by atoms with Crippen LogP contribution in [0, 0.1) is 13.8 Å². The zero-order chi connectivity index (χ0) is 21.3. The highest BCUT2D eigenvalue weighted by Gasteiger charge is 2.20. The zero-order valence-electron chi connectivity index (χ0n) is 17.5. The molecule has 0 fully saturated rings. The average molecular weight is 394 g/mol. The molecule has 1 amide bonds. The Labute approximate surface area is 169 Å². The topological polar surface area (TPSA) is 77.2 Å². The van der Waals surface area contributed by atoms with Gasteiger partial charge in [0.25, 0.3) is 5.56 Å². The third kappa shape index (κ3) is 3.72. The van der Waals surface area contributed by atoms with Gasteiger partial charge in [-0.25, -0.2) is 9.78 Å². The molecule has 0 unspecified atom stereocenters. The number of hydrogen-bond donors (Lipinski definition) is 0. The van der Waals surface area contributed by atoms with Gasteiger partial charge in [0, 0.05) is 25.0 Å². The number of pyridine rings is 1. The van der Waals surface area contributed by atoms with Crippen molar-refractivity contribution in [2.75, 3.05) is 11.4 Å². The van der Waals surface area contributed by atoms with Crippen LogP contribution in [0.3, 0.4) is 0 Å². The highest BCUT2D eigenvalue weighted by molar-refractivity contribution is 5.93.